The molecule has 3 atom stereocenters. The number of hydrogen-bond acceptors (Lipinski definition) is 3. The van der Waals surface area contributed by atoms with Crippen molar-refractivity contribution in [2.75, 3.05) is 11.9 Å². The Morgan fingerprint density at radius 2 is 2.14 bits per heavy atom. The number of ether oxygens (including phenoxy) is 1. The van der Waals surface area contributed by atoms with Gasteiger partial charge in [0.1, 0.15) is 0 Å². The SMILES string of the molecule is CCOC(=O)c1cccc(NC(=O)C[C@H]2C[C@@H]3CC[C@@H]2C3)c1. The minimum absolute atomic E-state index is 0.0542. The Morgan fingerprint density at radius 3 is 2.82 bits per heavy atom. The van der Waals surface area contributed by atoms with Crippen molar-refractivity contribution in [3.63, 3.8) is 0 Å². The molecule has 1 amide bonds. The molecule has 2 aliphatic carbocycles. The van der Waals surface area contributed by atoms with Crippen molar-refractivity contribution in [2.45, 2.75) is 39.0 Å². The molecular weight excluding hydrogens is 278 g/mol. The van der Waals surface area contributed by atoms with Crippen LogP contribution in [-0.2, 0) is 9.53 Å². The smallest absolute Gasteiger partial charge is 0.338 e. The van der Waals surface area contributed by atoms with E-state index >= 15 is 0 Å². The second kappa shape index (κ2) is 6.51. The summed E-state index contributed by atoms with van der Waals surface area (Å²) in [6.07, 6.45) is 5.77. The maximum Gasteiger partial charge on any atom is 0.338 e. The molecule has 0 unspecified atom stereocenters. The largest absolute Gasteiger partial charge is 0.462 e. The third-order valence-electron chi connectivity index (χ3n) is 4.99. The summed E-state index contributed by atoms with van der Waals surface area (Å²) >= 11 is 0. The number of fused-ring (bicyclic) bond motifs is 2. The Hall–Kier alpha value is -1.84. The Bertz CT molecular complexity index is 569. The number of anilines is 1. The Balaban J connectivity index is 1.57. The lowest BCUT2D eigenvalue weighted by Crippen LogP contribution is -2.20. The van der Waals surface area contributed by atoms with E-state index in [0.717, 1.165) is 11.8 Å². The van der Waals surface area contributed by atoms with E-state index < -0.39 is 0 Å². The normalized spacial score (nSPS) is 26.0. The van der Waals surface area contributed by atoms with Crippen molar-refractivity contribution >= 4 is 17.6 Å². The van der Waals surface area contributed by atoms with Gasteiger partial charge in [0.15, 0.2) is 0 Å². The minimum Gasteiger partial charge on any atom is -0.462 e. The molecule has 0 spiro atoms. The van der Waals surface area contributed by atoms with Crippen LogP contribution in [0.4, 0.5) is 5.69 Å². The van der Waals surface area contributed by atoms with Gasteiger partial charge in [-0.3, -0.25) is 4.79 Å². The van der Waals surface area contributed by atoms with Gasteiger partial charge in [0.25, 0.3) is 0 Å². The summed E-state index contributed by atoms with van der Waals surface area (Å²) in [7, 11) is 0. The van der Waals surface area contributed by atoms with Gasteiger partial charge in [-0.25, -0.2) is 4.79 Å². The average Bonchev–Trinajstić information content (AvgIpc) is 3.10. The predicted molar refractivity (Wildman–Crippen MR) is 84.6 cm³/mol. The molecule has 1 aromatic carbocycles. The van der Waals surface area contributed by atoms with E-state index in [4.69, 9.17) is 4.74 Å². The molecule has 0 aliphatic heterocycles. The first kappa shape index (κ1) is 15.1. The molecule has 22 heavy (non-hydrogen) atoms. The van der Waals surface area contributed by atoms with Gasteiger partial charge in [-0.05, 0) is 62.1 Å². The maximum atomic E-state index is 12.2. The first-order chi connectivity index (χ1) is 10.7. The molecule has 0 heterocycles. The van der Waals surface area contributed by atoms with Crippen LogP contribution in [0.1, 0.15) is 49.4 Å². The van der Waals surface area contributed by atoms with Crippen molar-refractivity contribution in [1.29, 1.82) is 0 Å². The van der Waals surface area contributed by atoms with Crippen LogP contribution in [0.15, 0.2) is 24.3 Å². The van der Waals surface area contributed by atoms with E-state index in [9.17, 15) is 9.59 Å². The number of amides is 1. The number of carbonyl (C=O) groups excluding carboxylic acids is 2. The summed E-state index contributed by atoms with van der Waals surface area (Å²) in [5.74, 6) is 1.86. The van der Waals surface area contributed by atoms with Gasteiger partial charge < -0.3 is 10.1 Å². The topological polar surface area (TPSA) is 55.4 Å². The third-order valence-corrected chi connectivity index (χ3v) is 4.99. The van der Waals surface area contributed by atoms with E-state index in [2.05, 4.69) is 5.32 Å². The summed E-state index contributed by atoms with van der Waals surface area (Å²) in [5, 5.41) is 2.92. The highest BCUT2D eigenvalue weighted by molar-refractivity contribution is 5.94. The molecule has 2 aliphatic rings. The van der Waals surface area contributed by atoms with E-state index in [1.54, 1.807) is 31.2 Å². The molecule has 4 heteroatoms. The molecule has 0 aromatic heterocycles. The number of carbonyl (C=O) groups is 2. The summed E-state index contributed by atoms with van der Waals surface area (Å²) in [4.78, 5) is 23.9. The predicted octanol–water partition coefficient (Wildman–Crippen LogP) is 3.63. The molecular formula is C18H23NO3. The van der Waals surface area contributed by atoms with Crippen molar-refractivity contribution in [3.8, 4) is 0 Å². The Kier molecular flexibility index (Phi) is 4.46. The quantitative estimate of drug-likeness (QED) is 0.845. The fraction of sp³-hybridized carbons (Fsp3) is 0.556. The lowest BCUT2D eigenvalue weighted by molar-refractivity contribution is -0.117. The molecule has 2 bridgehead atoms. The van der Waals surface area contributed by atoms with Crippen molar-refractivity contribution < 1.29 is 14.3 Å². The molecule has 2 fully saturated rings. The van der Waals surface area contributed by atoms with Crippen LogP contribution in [0, 0.1) is 17.8 Å². The molecule has 0 saturated heterocycles. The number of esters is 1. The number of rotatable bonds is 5. The fourth-order valence-electron chi connectivity index (χ4n) is 4.01. The van der Waals surface area contributed by atoms with E-state index in [0.29, 0.717) is 30.2 Å². The molecule has 4 nitrogen and oxygen atoms in total. The number of benzene rings is 1. The highest BCUT2D eigenvalue weighted by Crippen LogP contribution is 2.49. The van der Waals surface area contributed by atoms with Crippen LogP contribution < -0.4 is 5.32 Å². The van der Waals surface area contributed by atoms with Gasteiger partial charge in [-0.1, -0.05) is 12.5 Å². The summed E-state index contributed by atoms with van der Waals surface area (Å²) in [6.45, 7) is 2.12. The monoisotopic (exact) mass is 301 g/mol. The molecule has 0 radical (unpaired) electrons. The number of hydrogen-bond donors (Lipinski definition) is 1. The summed E-state index contributed by atoms with van der Waals surface area (Å²) in [6, 6.07) is 6.95. The van der Waals surface area contributed by atoms with Crippen molar-refractivity contribution in [2.24, 2.45) is 17.8 Å². The molecule has 1 N–H and O–H groups in total. The molecule has 1 aromatic rings. The lowest BCUT2D eigenvalue weighted by Gasteiger charge is -2.20. The maximum absolute atomic E-state index is 12.2. The zero-order valence-electron chi connectivity index (χ0n) is 13.0. The highest BCUT2D eigenvalue weighted by Gasteiger charge is 2.40. The van der Waals surface area contributed by atoms with E-state index in [1.807, 2.05) is 0 Å². The average molecular weight is 301 g/mol. The van der Waals surface area contributed by atoms with E-state index in [1.165, 1.54) is 25.7 Å². The number of nitrogens with one attached hydrogen (secondary N) is 1. The van der Waals surface area contributed by atoms with Crippen LogP contribution in [0.3, 0.4) is 0 Å². The zero-order chi connectivity index (χ0) is 15.5. The minimum atomic E-state index is -0.355. The van der Waals surface area contributed by atoms with Gasteiger partial charge in [0.05, 0.1) is 12.2 Å². The van der Waals surface area contributed by atoms with Gasteiger partial charge in [-0.15, -0.1) is 0 Å². The van der Waals surface area contributed by atoms with Crippen LogP contribution in [-0.4, -0.2) is 18.5 Å². The summed E-state index contributed by atoms with van der Waals surface area (Å²) < 4.78 is 4.98. The molecule has 3 rings (SSSR count). The first-order valence-corrected chi connectivity index (χ1v) is 8.22. The summed E-state index contributed by atoms with van der Waals surface area (Å²) in [5.41, 5.74) is 1.14. The van der Waals surface area contributed by atoms with Gasteiger partial charge in [0.2, 0.25) is 5.91 Å². The second-order valence-corrected chi connectivity index (χ2v) is 6.49. The van der Waals surface area contributed by atoms with Crippen molar-refractivity contribution in [3.05, 3.63) is 29.8 Å². The standard InChI is InChI=1S/C18H23NO3/c1-2-22-18(21)14-4-3-5-16(10-14)19-17(20)11-15-9-12-6-7-13(15)8-12/h3-5,10,12-13,15H,2,6-9,11H2,1H3,(H,19,20)/t12-,13-,15-/m1/s1. The van der Waals surface area contributed by atoms with Gasteiger partial charge >= 0.3 is 5.97 Å². The van der Waals surface area contributed by atoms with Crippen LogP contribution in [0.2, 0.25) is 0 Å². The van der Waals surface area contributed by atoms with Gasteiger partial charge in [0, 0.05) is 12.1 Å². The van der Waals surface area contributed by atoms with Crippen LogP contribution in [0.5, 0.6) is 0 Å². The first-order valence-electron chi connectivity index (χ1n) is 8.22. The van der Waals surface area contributed by atoms with Crippen LogP contribution in [0.25, 0.3) is 0 Å². The zero-order valence-corrected chi connectivity index (χ0v) is 13.0. The lowest BCUT2D eigenvalue weighted by atomic mass is 9.86. The second-order valence-electron chi connectivity index (χ2n) is 6.49. The van der Waals surface area contributed by atoms with Crippen LogP contribution >= 0.6 is 0 Å². The highest BCUT2D eigenvalue weighted by atomic mass is 16.5. The Morgan fingerprint density at radius 1 is 1.27 bits per heavy atom. The fourth-order valence-corrected chi connectivity index (χ4v) is 4.01. The van der Waals surface area contributed by atoms with E-state index in [-0.39, 0.29) is 11.9 Å². The Labute approximate surface area is 131 Å². The molecule has 118 valence electrons. The molecule has 2 saturated carbocycles. The third kappa shape index (κ3) is 3.32. The van der Waals surface area contributed by atoms with Crippen molar-refractivity contribution in [1.82, 2.24) is 0 Å². The van der Waals surface area contributed by atoms with Gasteiger partial charge in [-0.2, -0.15) is 0 Å².